The molecule has 1 heterocycles. The Hall–Kier alpha value is -0.830. The first-order valence-corrected chi connectivity index (χ1v) is 5.14. The van der Waals surface area contributed by atoms with Gasteiger partial charge in [0.15, 0.2) is 0 Å². The molecule has 0 aliphatic carbocycles. The van der Waals surface area contributed by atoms with E-state index < -0.39 is 0 Å². The zero-order valence-electron chi connectivity index (χ0n) is 9.55. The maximum absolute atomic E-state index is 5.29. The minimum Gasteiger partial charge on any atom is -0.361 e. The Morgan fingerprint density at radius 3 is 2.64 bits per heavy atom. The average Bonchev–Trinajstić information content (AvgIpc) is 2.52. The third kappa shape index (κ3) is 3.14. The van der Waals surface area contributed by atoms with Crippen molar-refractivity contribution >= 4 is 0 Å². The van der Waals surface area contributed by atoms with E-state index in [1.165, 1.54) is 0 Å². The number of hydrogen-bond donors (Lipinski definition) is 1. The van der Waals surface area contributed by atoms with E-state index in [0.717, 1.165) is 30.8 Å². The van der Waals surface area contributed by atoms with Crippen molar-refractivity contribution in [2.45, 2.75) is 39.0 Å². The fourth-order valence-corrected chi connectivity index (χ4v) is 1.23. The Morgan fingerprint density at radius 2 is 2.14 bits per heavy atom. The van der Waals surface area contributed by atoms with Crippen LogP contribution in [-0.2, 0) is 11.8 Å². The zero-order valence-corrected chi connectivity index (χ0v) is 9.55. The van der Waals surface area contributed by atoms with Crippen LogP contribution in [0.25, 0.3) is 0 Å². The van der Waals surface area contributed by atoms with Crippen LogP contribution >= 0.6 is 0 Å². The van der Waals surface area contributed by atoms with Gasteiger partial charge in [-0.3, -0.25) is 0 Å². The topological polar surface area (TPSA) is 38.1 Å². The van der Waals surface area contributed by atoms with Gasteiger partial charge in [0.05, 0.1) is 5.69 Å². The van der Waals surface area contributed by atoms with Gasteiger partial charge >= 0.3 is 0 Å². The third-order valence-electron chi connectivity index (χ3n) is 2.16. The highest BCUT2D eigenvalue weighted by molar-refractivity contribution is 5.13. The van der Waals surface area contributed by atoms with Crippen LogP contribution in [0, 0.1) is 0 Å². The summed E-state index contributed by atoms with van der Waals surface area (Å²) >= 11 is 0. The number of nitrogens with zero attached hydrogens (tertiary/aromatic N) is 1. The second kappa shape index (κ2) is 4.60. The van der Waals surface area contributed by atoms with E-state index in [9.17, 15) is 0 Å². The number of nitrogens with one attached hydrogen (secondary N) is 1. The predicted octanol–water partition coefficient (Wildman–Crippen LogP) is 2.12. The molecule has 1 N–H and O–H groups in total. The molecule has 1 aromatic rings. The lowest BCUT2D eigenvalue weighted by molar-refractivity contribution is 0.325. The molecular weight excluding hydrogens is 176 g/mol. The van der Waals surface area contributed by atoms with E-state index in [1.54, 1.807) is 0 Å². The summed E-state index contributed by atoms with van der Waals surface area (Å²) in [6.07, 6.45) is 2.09. The van der Waals surface area contributed by atoms with E-state index in [4.69, 9.17) is 4.52 Å². The number of rotatable bonds is 4. The van der Waals surface area contributed by atoms with Gasteiger partial charge in [-0.15, -0.1) is 0 Å². The molecule has 14 heavy (non-hydrogen) atoms. The van der Waals surface area contributed by atoms with Crippen LogP contribution in [0.1, 0.15) is 38.6 Å². The molecule has 0 unspecified atom stereocenters. The summed E-state index contributed by atoms with van der Waals surface area (Å²) in [4.78, 5) is 0. The Bertz CT molecular complexity index is 273. The molecule has 0 atom stereocenters. The van der Waals surface area contributed by atoms with E-state index in [2.05, 4.69) is 37.3 Å². The van der Waals surface area contributed by atoms with Gasteiger partial charge < -0.3 is 9.84 Å². The molecule has 0 saturated carbocycles. The van der Waals surface area contributed by atoms with Gasteiger partial charge in [-0.25, -0.2) is 0 Å². The lowest BCUT2D eigenvalue weighted by atomic mass is 9.93. The highest BCUT2D eigenvalue weighted by Gasteiger charge is 2.19. The Labute approximate surface area is 85.9 Å². The summed E-state index contributed by atoms with van der Waals surface area (Å²) in [7, 11) is 1.96. The first-order chi connectivity index (χ1) is 6.54. The first kappa shape index (κ1) is 11.2. The van der Waals surface area contributed by atoms with Crippen LogP contribution in [-0.4, -0.2) is 18.7 Å². The summed E-state index contributed by atoms with van der Waals surface area (Å²) in [6, 6.07) is 2.07. The van der Waals surface area contributed by atoms with Crippen molar-refractivity contribution in [2.24, 2.45) is 0 Å². The van der Waals surface area contributed by atoms with E-state index in [1.807, 2.05) is 7.05 Å². The van der Waals surface area contributed by atoms with Crippen LogP contribution in [0.5, 0.6) is 0 Å². The molecule has 0 radical (unpaired) electrons. The van der Waals surface area contributed by atoms with Gasteiger partial charge in [0.2, 0.25) is 0 Å². The van der Waals surface area contributed by atoms with Crippen molar-refractivity contribution in [1.29, 1.82) is 0 Å². The predicted molar refractivity (Wildman–Crippen MR) is 57.5 cm³/mol. The molecule has 1 rings (SSSR count). The molecule has 0 aliphatic heterocycles. The summed E-state index contributed by atoms with van der Waals surface area (Å²) in [5.41, 5.74) is 1.12. The summed E-state index contributed by atoms with van der Waals surface area (Å²) in [5, 5.41) is 7.17. The first-order valence-electron chi connectivity index (χ1n) is 5.14. The molecule has 0 spiro atoms. The fraction of sp³-hybridized carbons (Fsp3) is 0.727. The van der Waals surface area contributed by atoms with Crippen molar-refractivity contribution in [3.63, 3.8) is 0 Å². The molecule has 0 fully saturated rings. The minimum absolute atomic E-state index is 0.0637. The monoisotopic (exact) mass is 196 g/mol. The molecule has 0 aromatic carbocycles. The normalized spacial score (nSPS) is 12.0. The van der Waals surface area contributed by atoms with Gasteiger partial charge in [-0.1, -0.05) is 25.9 Å². The Morgan fingerprint density at radius 1 is 1.43 bits per heavy atom. The number of hydrogen-bond acceptors (Lipinski definition) is 3. The molecule has 80 valence electrons. The van der Waals surface area contributed by atoms with E-state index >= 15 is 0 Å². The molecule has 0 bridgehead atoms. The lowest BCUT2D eigenvalue weighted by Gasteiger charge is -2.12. The molecule has 3 heteroatoms. The van der Waals surface area contributed by atoms with Crippen molar-refractivity contribution in [3.05, 3.63) is 17.5 Å². The zero-order chi connectivity index (χ0) is 10.6. The van der Waals surface area contributed by atoms with Crippen LogP contribution in [0.2, 0.25) is 0 Å². The Balaban J connectivity index is 2.51. The van der Waals surface area contributed by atoms with E-state index in [0.29, 0.717) is 0 Å². The summed E-state index contributed by atoms with van der Waals surface area (Å²) < 4.78 is 5.29. The molecule has 0 saturated heterocycles. The average molecular weight is 196 g/mol. The second-order valence-corrected chi connectivity index (χ2v) is 4.64. The standard InChI is InChI=1S/C11H20N2O/c1-11(2,3)10-8-9(13-14-10)6-5-7-12-4/h8,12H,5-7H2,1-4H3. The number of aromatic nitrogens is 1. The summed E-state index contributed by atoms with van der Waals surface area (Å²) in [6.45, 7) is 7.42. The molecule has 1 aromatic heterocycles. The van der Waals surface area contributed by atoms with E-state index in [-0.39, 0.29) is 5.41 Å². The molecular formula is C11H20N2O. The molecule has 0 amide bonds. The van der Waals surface area contributed by atoms with Gasteiger partial charge in [0.25, 0.3) is 0 Å². The highest BCUT2D eigenvalue weighted by Crippen LogP contribution is 2.22. The van der Waals surface area contributed by atoms with Gasteiger partial charge in [0, 0.05) is 11.5 Å². The van der Waals surface area contributed by atoms with Gasteiger partial charge in [-0.05, 0) is 26.4 Å². The maximum atomic E-state index is 5.29. The molecule has 3 nitrogen and oxygen atoms in total. The minimum atomic E-state index is 0.0637. The van der Waals surface area contributed by atoms with Crippen LogP contribution in [0.15, 0.2) is 10.6 Å². The highest BCUT2D eigenvalue weighted by atomic mass is 16.5. The van der Waals surface area contributed by atoms with Crippen molar-refractivity contribution in [3.8, 4) is 0 Å². The van der Waals surface area contributed by atoms with Crippen molar-refractivity contribution in [2.75, 3.05) is 13.6 Å². The second-order valence-electron chi connectivity index (χ2n) is 4.64. The van der Waals surface area contributed by atoms with Crippen molar-refractivity contribution in [1.82, 2.24) is 10.5 Å². The smallest absolute Gasteiger partial charge is 0.142 e. The largest absolute Gasteiger partial charge is 0.361 e. The van der Waals surface area contributed by atoms with Crippen LogP contribution in [0.3, 0.4) is 0 Å². The van der Waals surface area contributed by atoms with Gasteiger partial charge in [-0.2, -0.15) is 0 Å². The fourth-order valence-electron chi connectivity index (χ4n) is 1.23. The molecule has 0 aliphatic rings. The van der Waals surface area contributed by atoms with Crippen LogP contribution < -0.4 is 5.32 Å². The summed E-state index contributed by atoms with van der Waals surface area (Å²) in [5.74, 6) is 0.969. The SMILES string of the molecule is CNCCCc1cc(C(C)(C)C)on1. The quantitative estimate of drug-likeness (QED) is 0.750. The van der Waals surface area contributed by atoms with Crippen molar-refractivity contribution < 1.29 is 4.52 Å². The van der Waals surface area contributed by atoms with Gasteiger partial charge in [0.1, 0.15) is 5.76 Å². The lowest BCUT2D eigenvalue weighted by Crippen LogP contribution is -2.09. The van der Waals surface area contributed by atoms with Crippen LogP contribution in [0.4, 0.5) is 0 Å². The third-order valence-corrected chi connectivity index (χ3v) is 2.16. The maximum Gasteiger partial charge on any atom is 0.142 e. The Kier molecular flexibility index (Phi) is 3.69. The number of aryl methyl sites for hydroxylation is 1.